The second kappa shape index (κ2) is 11.4. The van der Waals surface area contributed by atoms with Crippen LogP contribution in [0.4, 0.5) is 5.69 Å². The minimum Gasteiger partial charge on any atom is -0.507 e. The molecule has 4 rings (SSSR count). The van der Waals surface area contributed by atoms with Crippen molar-refractivity contribution in [2.75, 3.05) is 19.1 Å². The van der Waals surface area contributed by atoms with Gasteiger partial charge in [0.1, 0.15) is 10.8 Å². The number of hydrogen-bond donors (Lipinski definition) is 1. The summed E-state index contributed by atoms with van der Waals surface area (Å²) in [6.45, 7) is 3.45. The van der Waals surface area contributed by atoms with Crippen LogP contribution in [0.2, 0.25) is 10.0 Å². The molecule has 1 N–H and O–H groups in total. The Kier molecular flexibility index (Phi) is 8.18. The van der Waals surface area contributed by atoms with Gasteiger partial charge in [0.05, 0.1) is 48.1 Å². The average Bonchev–Trinajstić information content (AvgIpc) is 3.18. The minimum absolute atomic E-state index is 0.00138. The van der Waals surface area contributed by atoms with Crippen LogP contribution >= 0.6 is 23.2 Å². The molecule has 0 saturated carbocycles. The van der Waals surface area contributed by atoms with Crippen LogP contribution in [0.25, 0.3) is 5.76 Å². The Hall–Kier alpha value is -4.01. The van der Waals surface area contributed by atoms with E-state index in [9.17, 15) is 19.5 Å². The van der Waals surface area contributed by atoms with Crippen LogP contribution in [0.3, 0.4) is 0 Å². The zero-order valence-corrected chi connectivity index (χ0v) is 23.0. The quantitative estimate of drug-likeness (QED) is 0.156. The molecule has 0 aliphatic carbocycles. The third kappa shape index (κ3) is 5.17. The number of hydrogen-bond acceptors (Lipinski definition) is 7. The van der Waals surface area contributed by atoms with E-state index in [2.05, 4.69) is 0 Å². The molecular formula is C29H25Cl2NO7. The summed E-state index contributed by atoms with van der Waals surface area (Å²) in [5.41, 5.74) is 0.794. The van der Waals surface area contributed by atoms with Crippen molar-refractivity contribution in [3.63, 3.8) is 0 Å². The summed E-state index contributed by atoms with van der Waals surface area (Å²) in [5, 5.41) is 11.6. The van der Waals surface area contributed by atoms with Gasteiger partial charge in [0.25, 0.3) is 11.7 Å². The lowest BCUT2D eigenvalue weighted by molar-refractivity contribution is -0.132. The number of rotatable bonds is 7. The van der Waals surface area contributed by atoms with Crippen LogP contribution < -0.4 is 14.4 Å². The van der Waals surface area contributed by atoms with Crippen molar-refractivity contribution in [2.45, 2.75) is 26.0 Å². The van der Waals surface area contributed by atoms with Crippen molar-refractivity contribution < 1.29 is 33.7 Å². The Bertz CT molecular complexity index is 1480. The SMILES string of the molecule is COc1c(Cl)cc(/C(O)=C2\C(=O)C(=O)N(c3cccc(C(=O)OC(C)C)c3)C2c2ccccc2)c(OC)c1Cl. The van der Waals surface area contributed by atoms with Crippen LogP contribution in [-0.2, 0) is 14.3 Å². The topological polar surface area (TPSA) is 102 Å². The number of methoxy groups -OCH3 is 2. The highest BCUT2D eigenvalue weighted by Crippen LogP contribution is 2.48. The van der Waals surface area contributed by atoms with Gasteiger partial charge < -0.3 is 19.3 Å². The van der Waals surface area contributed by atoms with Crippen molar-refractivity contribution in [2.24, 2.45) is 0 Å². The molecule has 0 radical (unpaired) electrons. The van der Waals surface area contributed by atoms with E-state index in [-0.39, 0.29) is 50.0 Å². The largest absolute Gasteiger partial charge is 0.507 e. The monoisotopic (exact) mass is 569 g/mol. The van der Waals surface area contributed by atoms with Crippen molar-refractivity contribution in [3.8, 4) is 11.5 Å². The summed E-state index contributed by atoms with van der Waals surface area (Å²) < 4.78 is 15.9. The number of halogens is 2. The van der Waals surface area contributed by atoms with Gasteiger partial charge in [0.2, 0.25) is 0 Å². The molecule has 39 heavy (non-hydrogen) atoms. The maximum Gasteiger partial charge on any atom is 0.338 e. The second-order valence-corrected chi connectivity index (χ2v) is 9.66. The van der Waals surface area contributed by atoms with Gasteiger partial charge in [-0.15, -0.1) is 0 Å². The van der Waals surface area contributed by atoms with Gasteiger partial charge in [-0.2, -0.15) is 0 Å². The molecule has 0 aromatic heterocycles. The van der Waals surface area contributed by atoms with Crippen LogP contribution in [-0.4, -0.2) is 43.1 Å². The molecule has 1 aliphatic heterocycles. The van der Waals surface area contributed by atoms with Gasteiger partial charge in [0, 0.05) is 5.69 Å². The van der Waals surface area contributed by atoms with Gasteiger partial charge in [-0.25, -0.2) is 4.79 Å². The Morgan fingerprint density at radius 2 is 1.62 bits per heavy atom. The Morgan fingerprint density at radius 1 is 0.949 bits per heavy atom. The lowest BCUT2D eigenvalue weighted by Gasteiger charge is -2.26. The number of carbonyl (C=O) groups excluding carboxylic acids is 3. The van der Waals surface area contributed by atoms with Crippen molar-refractivity contribution in [1.82, 2.24) is 0 Å². The number of anilines is 1. The standard InChI is InChI=1S/C29H25Cl2NO7/c1-15(2)39-29(36)17-11-8-12-18(13-17)32-23(16-9-6-5-7-10-16)21(25(34)28(32)35)24(33)19-14-20(30)27(38-4)22(31)26(19)37-3/h5-15,23,33H,1-4H3/b24-21+. The first-order valence-electron chi connectivity index (χ1n) is 11.9. The van der Waals surface area contributed by atoms with Crippen LogP contribution in [0.1, 0.15) is 41.4 Å². The van der Waals surface area contributed by atoms with E-state index in [4.69, 9.17) is 37.4 Å². The summed E-state index contributed by atoms with van der Waals surface area (Å²) >= 11 is 12.8. The number of ketones is 1. The maximum atomic E-state index is 13.5. The highest BCUT2D eigenvalue weighted by Gasteiger charge is 2.47. The second-order valence-electron chi connectivity index (χ2n) is 8.87. The number of nitrogens with zero attached hydrogens (tertiary/aromatic N) is 1. The number of esters is 1. The molecule has 1 atom stereocenters. The molecule has 3 aromatic carbocycles. The van der Waals surface area contributed by atoms with E-state index in [1.165, 1.54) is 31.3 Å². The third-order valence-corrected chi connectivity index (χ3v) is 6.68. The van der Waals surface area contributed by atoms with Gasteiger partial charge in [-0.3, -0.25) is 14.5 Å². The van der Waals surface area contributed by atoms with Gasteiger partial charge in [0.15, 0.2) is 11.5 Å². The zero-order chi connectivity index (χ0) is 28.4. The van der Waals surface area contributed by atoms with Gasteiger partial charge in [-0.1, -0.05) is 59.6 Å². The van der Waals surface area contributed by atoms with Crippen LogP contribution in [0, 0.1) is 0 Å². The predicted molar refractivity (Wildman–Crippen MR) is 148 cm³/mol. The van der Waals surface area contributed by atoms with Crippen LogP contribution in [0.5, 0.6) is 11.5 Å². The average molecular weight is 570 g/mol. The fraction of sp³-hybridized carbons (Fsp3) is 0.207. The molecule has 0 spiro atoms. The molecule has 202 valence electrons. The Labute approximate surface area is 235 Å². The maximum absolute atomic E-state index is 13.5. The number of aliphatic hydroxyl groups excluding tert-OH is 1. The first-order valence-corrected chi connectivity index (χ1v) is 12.6. The molecule has 1 aliphatic rings. The zero-order valence-electron chi connectivity index (χ0n) is 21.5. The first kappa shape index (κ1) is 28.0. The molecule has 3 aromatic rings. The van der Waals surface area contributed by atoms with E-state index in [0.29, 0.717) is 5.56 Å². The highest BCUT2D eigenvalue weighted by molar-refractivity contribution is 6.52. The third-order valence-electron chi connectivity index (χ3n) is 6.06. The van der Waals surface area contributed by atoms with E-state index < -0.39 is 29.5 Å². The molecule has 0 bridgehead atoms. The predicted octanol–water partition coefficient (Wildman–Crippen LogP) is 6.20. The fourth-order valence-corrected chi connectivity index (χ4v) is 5.09. The summed E-state index contributed by atoms with van der Waals surface area (Å²) in [6.07, 6.45) is -0.349. The smallest absolute Gasteiger partial charge is 0.338 e. The Morgan fingerprint density at radius 3 is 2.23 bits per heavy atom. The van der Waals surface area contributed by atoms with Crippen molar-refractivity contribution >= 4 is 52.3 Å². The van der Waals surface area contributed by atoms with Crippen molar-refractivity contribution in [3.05, 3.63) is 93.0 Å². The highest BCUT2D eigenvalue weighted by atomic mass is 35.5. The van der Waals surface area contributed by atoms with Gasteiger partial charge in [-0.05, 0) is 43.7 Å². The Balaban J connectivity index is 1.95. The molecule has 1 heterocycles. The van der Waals surface area contributed by atoms with E-state index in [1.807, 2.05) is 0 Å². The molecule has 1 amide bonds. The number of benzene rings is 3. The minimum atomic E-state index is -1.05. The molecule has 1 unspecified atom stereocenters. The summed E-state index contributed by atoms with van der Waals surface area (Å²) in [6, 6.07) is 15.2. The number of amides is 1. The molecule has 10 heteroatoms. The van der Waals surface area contributed by atoms with Crippen LogP contribution in [0.15, 0.2) is 66.2 Å². The van der Waals surface area contributed by atoms with E-state index in [1.54, 1.807) is 62.4 Å². The molecule has 8 nitrogen and oxygen atoms in total. The summed E-state index contributed by atoms with van der Waals surface area (Å²) in [5.74, 6) is -2.83. The summed E-state index contributed by atoms with van der Waals surface area (Å²) in [4.78, 5) is 40.8. The van der Waals surface area contributed by atoms with E-state index in [0.717, 1.165) is 0 Å². The first-order chi connectivity index (χ1) is 18.6. The van der Waals surface area contributed by atoms with Crippen molar-refractivity contribution in [1.29, 1.82) is 0 Å². The van der Waals surface area contributed by atoms with Gasteiger partial charge >= 0.3 is 5.97 Å². The lowest BCUT2D eigenvalue weighted by atomic mass is 9.94. The number of carbonyl (C=O) groups is 3. The normalized spacial score (nSPS) is 16.5. The fourth-order valence-electron chi connectivity index (χ4n) is 4.41. The molecular weight excluding hydrogens is 545 g/mol. The number of Topliss-reactive ketones (excluding diaryl/α,β-unsaturated/α-hetero) is 1. The van der Waals surface area contributed by atoms with E-state index >= 15 is 0 Å². The molecule has 1 saturated heterocycles. The molecule has 1 fully saturated rings. The number of aliphatic hydroxyl groups is 1. The number of ether oxygens (including phenoxy) is 3. The summed E-state index contributed by atoms with van der Waals surface area (Å²) in [7, 11) is 2.71. The lowest BCUT2D eigenvalue weighted by Crippen LogP contribution is -2.29.